The SMILES string of the molecule is C#CCN(CC)C(=O)CC#N. The molecular weight excluding hydrogens is 140 g/mol. The highest BCUT2D eigenvalue weighted by Gasteiger charge is 2.07. The quantitative estimate of drug-likeness (QED) is 0.546. The van der Waals surface area contributed by atoms with Crippen LogP contribution in [0.3, 0.4) is 0 Å². The van der Waals surface area contributed by atoms with Crippen LogP contribution in [0.15, 0.2) is 0 Å². The van der Waals surface area contributed by atoms with Crippen molar-refractivity contribution in [1.29, 1.82) is 5.26 Å². The largest absolute Gasteiger partial charge is 0.331 e. The third-order valence-electron chi connectivity index (χ3n) is 1.25. The molecule has 1 amide bonds. The molecule has 0 aliphatic heterocycles. The van der Waals surface area contributed by atoms with E-state index >= 15 is 0 Å². The molecule has 3 heteroatoms. The fraction of sp³-hybridized carbons (Fsp3) is 0.500. The lowest BCUT2D eigenvalue weighted by Gasteiger charge is -2.15. The van der Waals surface area contributed by atoms with E-state index in [0.717, 1.165) is 0 Å². The summed E-state index contributed by atoms with van der Waals surface area (Å²) >= 11 is 0. The topological polar surface area (TPSA) is 44.1 Å². The van der Waals surface area contributed by atoms with Crippen LogP contribution in [0.4, 0.5) is 0 Å². The molecule has 0 aliphatic carbocycles. The van der Waals surface area contributed by atoms with Gasteiger partial charge in [-0.2, -0.15) is 5.26 Å². The van der Waals surface area contributed by atoms with Crippen LogP contribution in [0.1, 0.15) is 13.3 Å². The highest BCUT2D eigenvalue weighted by Crippen LogP contribution is 1.91. The summed E-state index contributed by atoms with van der Waals surface area (Å²) in [5.74, 6) is 2.15. The van der Waals surface area contributed by atoms with Gasteiger partial charge in [0.05, 0.1) is 12.6 Å². The molecule has 0 radical (unpaired) electrons. The molecule has 0 atom stereocenters. The van der Waals surface area contributed by atoms with Crippen molar-refractivity contribution in [2.24, 2.45) is 0 Å². The molecule has 0 heterocycles. The van der Waals surface area contributed by atoms with Crippen molar-refractivity contribution in [3.63, 3.8) is 0 Å². The van der Waals surface area contributed by atoms with E-state index in [-0.39, 0.29) is 18.9 Å². The number of amides is 1. The van der Waals surface area contributed by atoms with Crippen LogP contribution in [0.5, 0.6) is 0 Å². The second-order valence-corrected chi connectivity index (χ2v) is 1.95. The summed E-state index contributed by atoms with van der Waals surface area (Å²) in [5, 5.41) is 8.20. The van der Waals surface area contributed by atoms with Crippen LogP contribution >= 0.6 is 0 Å². The van der Waals surface area contributed by atoms with E-state index in [1.54, 1.807) is 6.07 Å². The first-order valence-electron chi connectivity index (χ1n) is 3.34. The van der Waals surface area contributed by atoms with Gasteiger partial charge in [0.25, 0.3) is 0 Å². The first-order chi connectivity index (χ1) is 5.26. The first kappa shape index (κ1) is 9.52. The van der Waals surface area contributed by atoms with Gasteiger partial charge in [0.2, 0.25) is 5.91 Å². The van der Waals surface area contributed by atoms with Crippen molar-refractivity contribution in [2.75, 3.05) is 13.1 Å². The van der Waals surface area contributed by atoms with Gasteiger partial charge in [0.1, 0.15) is 6.42 Å². The Morgan fingerprint density at radius 2 is 2.36 bits per heavy atom. The molecule has 0 bridgehead atoms. The number of nitrogens with zero attached hydrogens (tertiary/aromatic N) is 2. The van der Waals surface area contributed by atoms with Crippen LogP contribution in [-0.4, -0.2) is 23.9 Å². The number of hydrogen-bond acceptors (Lipinski definition) is 2. The molecule has 0 spiro atoms. The van der Waals surface area contributed by atoms with E-state index in [9.17, 15) is 4.79 Å². The molecular formula is C8H10N2O. The van der Waals surface area contributed by atoms with Crippen LogP contribution in [0.2, 0.25) is 0 Å². The Labute approximate surface area is 66.6 Å². The summed E-state index contributed by atoms with van der Waals surface area (Å²) in [6.07, 6.45) is 4.92. The molecule has 0 saturated carbocycles. The smallest absolute Gasteiger partial charge is 0.237 e. The molecule has 58 valence electrons. The van der Waals surface area contributed by atoms with Gasteiger partial charge in [-0.05, 0) is 6.92 Å². The van der Waals surface area contributed by atoms with Gasteiger partial charge in [0, 0.05) is 6.54 Å². The van der Waals surface area contributed by atoms with E-state index in [0.29, 0.717) is 6.54 Å². The van der Waals surface area contributed by atoms with E-state index in [1.165, 1.54) is 4.90 Å². The molecule has 0 aromatic rings. The van der Waals surface area contributed by atoms with Crippen molar-refractivity contribution in [2.45, 2.75) is 13.3 Å². The second kappa shape index (κ2) is 5.32. The van der Waals surface area contributed by atoms with E-state index in [4.69, 9.17) is 11.7 Å². The zero-order chi connectivity index (χ0) is 8.69. The van der Waals surface area contributed by atoms with Crippen molar-refractivity contribution < 1.29 is 4.79 Å². The van der Waals surface area contributed by atoms with Crippen LogP contribution in [0.25, 0.3) is 0 Å². The Morgan fingerprint density at radius 3 is 2.73 bits per heavy atom. The molecule has 11 heavy (non-hydrogen) atoms. The minimum Gasteiger partial charge on any atom is -0.331 e. The number of hydrogen-bond donors (Lipinski definition) is 0. The molecule has 0 saturated heterocycles. The summed E-state index contributed by atoms with van der Waals surface area (Å²) in [6.45, 7) is 2.67. The van der Waals surface area contributed by atoms with E-state index < -0.39 is 0 Å². The fourth-order valence-corrected chi connectivity index (χ4v) is 0.666. The number of nitriles is 1. The molecule has 0 fully saturated rings. The maximum atomic E-state index is 11.0. The lowest BCUT2D eigenvalue weighted by Crippen LogP contribution is -2.30. The number of carbonyl (C=O) groups excluding carboxylic acids is 1. The van der Waals surface area contributed by atoms with Crippen molar-refractivity contribution in [3.8, 4) is 18.4 Å². The lowest BCUT2D eigenvalue weighted by atomic mass is 10.4. The summed E-state index contributed by atoms with van der Waals surface area (Å²) in [4.78, 5) is 12.4. The van der Waals surface area contributed by atoms with Gasteiger partial charge < -0.3 is 4.90 Å². The maximum Gasteiger partial charge on any atom is 0.237 e. The minimum atomic E-state index is -0.201. The average Bonchev–Trinajstić information content (AvgIpc) is 2.00. The molecule has 0 N–H and O–H groups in total. The van der Waals surface area contributed by atoms with Crippen LogP contribution in [0, 0.1) is 23.7 Å². The van der Waals surface area contributed by atoms with Crippen LogP contribution < -0.4 is 0 Å². The van der Waals surface area contributed by atoms with Gasteiger partial charge in [-0.3, -0.25) is 4.79 Å². The zero-order valence-corrected chi connectivity index (χ0v) is 6.50. The first-order valence-corrected chi connectivity index (χ1v) is 3.34. The second-order valence-electron chi connectivity index (χ2n) is 1.95. The normalized spacial score (nSPS) is 7.91. The molecule has 0 rings (SSSR count). The molecule has 0 aromatic carbocycles. The van der Waals surface area contributed by atoms with Crippen molar-refractivity contribution in [1.82, 2.24) is 4.90 Å². The Kier molecular flexibility index (Phi) is 4.60. The molecule has 0 aromatic heterocycles. The molecule has 0 unspecified atom stereocenters. The maximum absolute atomic E-state index is 11.0. The van der Waals surface area contributed by atoms with Gasteiger partial charge in [-0.15, -0.1) is 6.42 Å². The molecule has 0 aliphatic rings. The summed E-state index contributed by atoms with van der Waals surface area (Å²) < 4.78 is 0. The number of rotatable bonds is 3. The third kappa shape index (κ3) is 3.27. The molecule has 3 nitrogen and oxygen atoms in total. The summed E-state index contributed by atoms with van der Waals surface area (Å²) in [7, 11) is 0. The Bertz CT molecular complexity index is 209. The average molecular weight is 150 g/mol. The van der Waals surface area contributed by atoms with Crippen molar-refractivity contribution in [3.05, 3.63) is 0 Å². The highest BCUT2D eigenvalue weighted by molar-refractivity contribution is 5.78. The van der Waals surface area contributed by atoms with E-state index in [2.05, 4.69) is 5.92 Å². The lowest BCUT2D eigenvalue weighted by molar-refractivity contribution is -0.129. The standard InChI is InChI=1S/C8H10N2O/c1-3-7-10(4-2)8(11)5-6-9/h1H,4-5,7H2,2H3. The predicted molar refractivity (Wildman–Crippen MR) is 41.3 cm³/mol. The van der Waals surface area contributed by atoms with Crippen molar-refractivity contribution >= 4 is 5.91 Å². The Balaban J connectivity index is 3.96. The van der Waals surface area contributed by atoms with Gasteiger partial charge in [-0.1, -0.05) is 5.92 Å². The highest BCUT2D eigenvalue weighted by atomic mass is 16.2. The fourth-order valence-electron chi connectivity index (χ4n) is 0.666. The monoisotopic (exact) mass is 150 g/mol. The van der Waals surface area contributed by atoms with Gasteiger partial charge in [0.15, 0.2) is 0 Å². The third-order valence-corrected chi connectivity index (χ3v) is 1.25. The van der Waals surface area contributed by atoms with E-state index in [1.807, 2.05) is 6.92 Å². The number of carbonyl (C=O) groups is 1. The predicted octanol–water partition coefficient (Wildman–Crippen LogP) is 0.382. The minimum absolute atomic E-state index is 0.0878. The Morgan fingerprint density at radius 1 is 1.73 bits per heavy atom. The van der Waals surface area contributed by atoms with Crippen LogP contribution in [-0.2, 0) is 4.79 Å². The van der Waals surface area contributed by atoms with Gasteiger partial charge >= 0.3 is 0 Å². The number of terminal acetylenes is 1. The Hall–Kier alpha value is -1.48. The zero-order valence-electron chi connectivity index (χ0n) is 6.50. The van der Waals surface area contributed by atoms with Gasteiger partial charge in [-0.25, -0.2) is 0 Å². The summed E-state index contributed by atoms with van der Waals surface area (Å²) in [5.41, 5.74) is 0. The summed E-state index contributed by atoms with van der Waals surface area (Å²) in [6, 6.07) is 1.78.